The van der Waals surface area contributed by atoms with Gasteiger partial charge in [0.1, 0.15) is 6.10 Å². The molecule has 8 nitrogen and oxygen atoms in total. The molecule has 1 aliphatic rings. The van der Waals surface area contributed by atoms with E-state index < -0.39 is 0 Å². The number of rotatable bonds is 8. The van der Waals surface area contributed by atoms with Crippen LogP contribution in [0.4, 0.5) is 11.6 Å². The summed E-state index contributed by atoms with van der Waals surface area (Å²) >= 11 is 0. The average Bonchev–Trinajstić information content (AvgIpc) is 2.84. The summed E-state index contributed by atoms with van der Waals surface area (Å²) in [6.07, 6.45) is 4.95. The molecule has 0 saturated carbocycles. The molecular weight excluding hydrogens is 416 g/mol. The number of carbonyl (C=O) groups is 1. The molecule has 1 saturated heterocycles. The summed E-state index contributed by atoms with van der Waals surface area (Å²) in [5.41, 5.74) is 2.79. The third-order valence-corrected chi connectivity index (χ3v) is 5.59. The van der Waals surface area contributed by atoms with Gasteiger partial charge in [0.25, 0.3) is 0 Å². The minimum Gasteiger partial charge on any atom is -0.369 e. The molecule has 1 aliphatic heterocycles. The second kappa shape index (κ2) is 11.0. The summed E-state index contributed by atoms with van der Waals surface area (Å²) < 4.78 is 5.96. The molecule has 1 N–H and O–H groups in total. The lowest BCUT2D eigenvalue weighted by Crippen LogP contribution is -2.47. The van der Waals surface area contributed by atoms with E-state index in [4.69, 9.17) is 4.74 Å². The number of ether oxygens (including phenoxy) is 1. The van der Waals surface area contributed by atoms with Gasteiger partial charge in [-0.25, -0.2) is 9.97 Å². The van der Waals surface area contributed by atoms with Crippen LogP contribution in [0.2, 0.25) is 0 Å². The van der Waals surface area contributed by atoms with Crippen molar-refractivity contribution in [1.82, 2.24) is 24.8 Å². The molecule has 1 aromatic carbocycles. The lowest BCUT2D eigenvalue weighted by molar-refractivity contribution is -0.136. The Morgan fingerprint density at radius 1 is 1.12 bits per heavy atom. The molecular formula is C25H30N6O2. The number of amides is 1. The van der Waals surface area contributed by atoms with Gasteiger partial charge in [0, 0.05) is 38.1 Å². The highest BCUT2D eigenvalue weighted by Gasteiger charge is 2.27. The van der Waals surface area contributed by atoms with Crippen molar-refractivity contribution in [3.8, 4) is 0 Å². The molecule has 1 amide bonds. The van der Waals surface area contributed by atoms with Crippen molar-refractivity contribution in [1.29, 1.82) is 0 Å². The van der Waals surface area contributed by atoms with E-state index in [2.05, 4.69) is 51.1 Å². The quantitative estimate of drug-likeness (QED) is 0.568. The first-order valence-electron chi connectivity index (χ1n) is 11.3. The van der Waals surface area contributed by atoms with Gasteiger partial charge < -0.3 is 15.0 Å². The zero-order valence-corrected chi connectivity index (χ0v) is 19.1. The number of hydrogen-bond donors (Lipinski definition) is 1. The maximum absolute atomic E-state index is 13.1. The molecule has 2 aromatic heterocycles. The van der Waals surface area contributed by atoms with Gasteiger partial charge in [-0.1, -0.05) is 30.3 Å². The predicted molar refractivity (Wildman–Crippen MR) is 127 cm³/mol. The van der Waals surface area contributed by atoms with Crippen LogP contribution < -0.4 is 5.32 Å². The van der Waals surface area contributed by atoms with Gasteiger partial charge in [0.05, 0.1) is 30.7 Å². The molecule has 3 aromatic rings. The molecule has 0 spiro atoms. The van der Waals surface area contributed by atoms with Crippen LogP contribution in [0.15, 0.2) is 67.1 Å². The van der Waals surface area contributed by atoms with Crippen molar-refractivity contribution in [2.75, 3.05) is 31.6 Å². The van der Waals surface area contributed by atoms with E-state index in [9.17, 15) is 4.79 Å². The third-order valence-electron chi connectivity index (χ3n) is 5.59. The maximum Gasteiger partial charge on any atom is 0.237 e. The molecule has 1 atom stereocenters. The van der Waals surface area contributed by atoms with Crippen molar-refractivity contribution in [2.45, 2.75) is 32.5 Å². The fourth-order valence-electron chi connectivity index (χ4n) is 3.81. The van der Waals surface area contributed by atoms with Crippen molar-refractivity contribution < 1.29 is 9.53 Å². The smallest absolute Gasteiger partial charge is 0.237 e. The second-order valence-electron chi connectivity index (χ2n) is 8.36. The van der Waals surface area contributed by atoms with Crippen LogP contribution in [0.3, 0.4) is 0 Å². The van der Waals surface area contributed by atoms with E-state index in [0.717, 1.165) is 23.5 Å². The lowest BCUT2D eigenvalue weighted by Gasteiger charge is -2.35. The summed E-state index contributed by atoms with van der Waals surface area (Å²) in [5, 5.41) is 3.13. The van der Waals surface area contributed by atoms with Crippen molar-refractivity contribution in [3.63, 3.8) is 0 Å². The number of anilines is 2. The molecule has 0 radical (unpaired) electrons. The largest absolute Gasteiger partial charge is 0.369 e. The van der Waals surface area contributed by atoms with Gasteiger partial charge in [-0.15, -0.1) is 0 Å². The van der Waals surface area contributed by atoms with Gasteiger partial charge in [-0.3, -0.25) is 14.7 Å². The van der Waals surface area contributed by atoms with Crippen LogP contribution in [0.25, 0.3) is 0 Å². The van der Waals surface area contributed by atoms with Gasteiger partial charge in [-0.2, -0.15) is 0 Å². The molecule has 3 heterocycles. The summed E-state index contributed by atoms with van der Waals surface area (Å²) in [5.74, 6) is 0.653. The first-order valence-corrected chi connectivity index (χ1v) is 11.3. The number of benzene rings is 1. The average molecular weight is 447 g/mol. The van der Waals surface area contributed by atoms with Crippen LogP contribution >= 0.6 is 0 Å². The zero-order valence-electron chi connectivity index (χ0n) is 19.1. The fraction of sp³-hybridized carbons (Fsp3) is 0.360. The number of hydrogen-bond acceptors (Lipinski definition) is 7. The molecule has 1 fully saturated rings. The summed E-state index contributed by atoms with van der Waals surface area (Å²) in [6, 6.07) is 15.9. The van der Waals surface area contributed by atoms with Crippen molar-refractivity contribution in [2.24, 2.45) is 0 Å². The van der Waals surface area contributed by atoms with Crippen LogP contribution in [-0.2, 0) is 16.1 Å². The Bertz CT molecular complexity index is 1010. The molecule has 4 rings (SSSR count). The van der Waals surface area contributed by atoms with Crippen LogP contribution in [0.1, 0.15) is 31.2 Å². The molecule has 0 aliphatic carbocycles. The van der Waals surface area contributed by atoms with Gasteiger partial charge in [-0.05, 0) is 37.6 Å². The predicted octanol–water partition coefficient (Wildman–Crippen LogP) is 3.43. The highest BCUT2D eigenvalue weighted by atomic mass is 16.5. The lowest BCUT2D eigenvalue weighted by atomic mass is 10.1. The second-order valence-corrected chi connectivity index (χ2v) is 8.36. The molecule has 33 heavy (non-hydrogen) atoms. The first kappa shape index (κ1) is 22.8. The Morgan fingerprint density at radius 2 is 1.91 bits per heavy atom. The normalized spacial score (nSPS) is 16.5. The molecule has 172 valence electrons. The van der Waals surface area contributed by atoms with Crippen molar-refractivity contribution >= 4 is 17.5 Å². The Hall–Kier alpha value is -3.36. The Balaban J connectivity index is 1.35. The number of nitrogens with one attached hydrogen (secondary N) is 1. The number of nitrogens with zero attached hydrogens (tertiary/aromatic N) is 5. The van der Waals surface area contributed by atoms with Gasteiger partial charge >= 0.3 is 0 Å². The standard InChI is InChI=1S/C25H30N6O2/c1-19(2)31(16-20-7-4-3-5-8-20)24(32)18-30-13-14-33-23(17-30)22-10-9-21(15-28-22)29-25-26-11-6-12-27-25/h3-12,15,19,23H,13-14,16-18H2,1-2H3,(H,26,27,29)/t23-/m0/s1. The van der Waals surface area contributed by atoms with E-state index in [1.165, 1.54) is 0 Å². The highest BCUT2D eigenvalue weighted by Crippen LogP contribution is 2.22. The molecule has 0 unspecified atom stereocenters. The molecule has 8 heteroatoms. The number of pyridine rings is 1. The summed E-state index contributed by atoms with van der Waals surface area (Å²) in [6.45, 7) is 7.03. The third kappa shape index (κ3) is 6.34. The minimum atomic E-state index is -0.171. The molecule has 0 bridgehead atoms. The zero-order chi connectivity index (χ0) is 23.0. The van der Waals surface area contributed by atoms with Gasteiger partial charge in [0.2, 0.25) is 11.9 Å². The fourth-order valence-corrected chi connectivity index (χ4v) is 3.81. The number of carbonyl (C=O) groups excluding carboxylic acids is 1. The summed E-state index contributed by atoms with van der Waals surface area (Å²) in [7, 11) is 0. The maximum atomic E-state index is 13.1. The Labute approximate surface area is 194 Å². The van der Waals surface area contributed by atoms with Crippen LogP contribution in [0.5, 0.6) is 0 Å². The van der Waals surface area contributed by atoms with E-state index in [0.29, 0.717) is 32.2 Å². The topological polar surface area (TPSA) is 83.5 Å². The Morgan fingerprint density at radius 3 is 2.61 bits per heavy atom. The van der Waals surface area contributed by atoms with Crippen LogP contribution in [0, 0.1) is 0 Å². The van der Waals surface area contributed by atoms with E-state index in [1.54, 1.807) is 24.7 Å². The minimum absolute atomic E-state index is 0.129. The van der Waals surface area contributed by atoms with E-state index >= 15 is 0 Å². The monoisotopic (exact) mass is 446 g/mol. The number of morpholine rings is 1. The number of aromatic nitrogens is 3. The van der Waals surface area contributed by atoms with E-state index in [1.807, 2.05) is 35.2 Å². The Kier molecular flexibility index (Phi) is 7.59. The van der Waals surface area contributed by atoms with Gasteiger partial charge in [0.15, 0.2) is 0 Å². The van der Waals surface area contributed by atoms with E-state index in [-0.39, 0.29) is 18.1 Å². The van der Waals surface area contributed by atoms with Crippen LogP contribution in [-0.4, -0.2) is 62.9 Å². The SMILES string of the molecule is CC(C)N(Cc1ccccc1)C(=O)CN1CCO[C@H](c2ccc(Nc3ncccn3)cn2)C1. The summed E-state index contributed by atoms with van der Waals surface area (Å²) in [4.78, 5) is 30.1. The first-order chi connectivity index (χ1) is 16.1. The van der Waals surface area contributed by atoms with Crippen molar-refractivity contribution in [3.05, 3.63) is 78.4 Å². The highest BCUT2D eigenvalue weighted by molar-refractivity contribution is 5.78.